The number of ether oxygens (including phenoxy) is 2. The first-order valence-corrected chi connectivity index (χ1v) is 4.08. The van der Waals surface area contributed by atoms with Crippen LogP contribution in [0.15, 0.2) is 0 Å². The normalized spacial score (nSPS) is 31.4. The van der Waals surface area contributed by atoms with Crippen molar-refractivity contribution < 1.29 is 9.47 Å². The topological polar surface area (TPSA) is 47.7 Å². The molecule has 11 heavy (non-hydrogen) atoms. The Kier molecular flexibility index (Phi) is 1.85. The molecule has 0 unspecified atom stereocenters. The SMILES string of the molecule is NN1CCC2(CC1)OCCO2. The van der Waals surface area contributed by atoms with Crippen LogP contribution in [0, 0.1) is 0 Å². The summed E-state index contributed by atoms with van der Waals surface area (Å²) in [6.45, 7) is 3.23. The van der Waals surface area contributed by atoms with Gasteiger partial charge in [-0.15, -0.1) is 0 Å². The first-order chi connectivity index (χ1) is 5.31. The van der Waals surface area contributed by atoms with Crippen molar-refractivity contribution in [3.8, 4) is 0 Å². The molecule has 2 aliphatic rings. The Balaban J connectivity index is 1.94. The smallest absolute Gasteiger partial charge is 0.171 e. The minimum Gasteiger partial charge on any atom is -0.347 e. The maximum atomic E-state index is 5.61. The van der Waals surface area contributed by atoms with Crippen molar-refractivity contribution in [3.05, 3.63) is 0 Å². The summed E-state index contributed by atoms with van der Waals surface area (Å²) in [5.74, 6) is 5.34. The summed E-state index contributed by atoms with van der Waals surface area (Å²) < 4.78 is 11.1. The first kappa shape index (κ1) is 7.49. The Morgan fingerprint density at radius 2 is 1.64 bits per heavy atom. The number of hydrogen-bond acceptors (Lipinski definition) is 4. The van der Waals surface area contributed by atoms with Gasteiger partial charge in [-0.05, 0) is 0 Å². The lowest BCUT2D eigenvalue weighted by Crippen LogP contribution is -2.47. The molecule has 0 aromatic heterocycles. The molecule has 0 aromatic carbocycles. The predicted octanol–water partition coefficient (Wildman–Crippen LogP) is -0.301. The molecule has 0 radical (unpaired) electrons. The van der Waals surface area contributed by atoms with Crippen LogP contribution < -0.4 is 5.84 Å². The molecule has 2 heterocycles. The van der Waals surface area contributed by atoms with E-state index in [0.717, 1.165) is 39.1 Å². The standard InChI is InChI=1S/C7H14N2O2/c8-9-3-1-7(2-4-9)10-5-6-11-7/h1-6,8H2. The van der Waals surface area contributed by atoms with Crippen molar-refractivity contribution in [1.29, 1.82) is 0 Å². The molecule has 0 aliphatic carbocycles. The summed E-state index contributed by atoms with van der Waals surface area (Å²) in [5.41, 5.74) is 0. The molecule has 0 bridgehead atoms. The molecule has 0 amide bonds. The van der Waals surface area contributed by atoms with E-state index in [2.05, 4.69) is 0 Å². The molecule has 2 rings (SSSR count). The van der Waals surface area contributed by atoms with E-state index in [4.69, 9.17) is 15.3 Å². The van der Waals surface area contributed by atoms with E-state index in [1.165, 1.54) is 0 Å². The Morgan fingerprint density at radius 1 is 1.09 bits per heavy atom. The van der Waals surface area contributed by atoms with Crippen LogP contribution in [0.3, 0.4) is 0 Å². The van der Waals surface area contributed by atoms with Gasteiger partial charge in [0, 0.05) is 25.9 Å². The van der Waals surface area contributed by atoms with Gasteiger partial charge in [0.25, 0.3) is 0 Å². The Bertz CT molecular complexity index is 135. The molecule has 2 fully saturated rings. The van der Waals surface area contributed by atoms with Gasteiger partial charge in [0.1, 0.15) is 0 Å². The fourth-order valence-corrected chi connectivity index (χ4v) is 1.65. The molecule has 2 saturated heterocycles. The molecule has 4 heteroatoms. The zero-order valence-corrected chi connectivity index (χ0v) is 6.58. The molecular formula is C7H14N2O2. The summed E-state index contributed by atoms with van der Waals surface area (Å²) >= 11 is 0. The van der Waals surface area contributed by atoms with Gasteiger partial charge in [0.05, 0.1) is 13.2 Å². The zero-order valence-electron chi connectivity index (χ0n) is 6.58. The van der Waals surface area contributed by atoms with Gasteiger partial charge in [-0.1, -0.05) is 0 Å². The largest absolute Gasteiger partial charge is 0.347 e. The number of nitrogens with zero attached hydrogens (tertiary/aromatic N) is 1. The van der Waals surface area contributed by atoms with Crippen molar-refractivity contribution in [2.24, 2.45) is 5.84 Å². The van der Waals surface area contributed by atoms with Gasteiger partial charge < -0.3 is 9.47 Å². The summed E-state index contributed by atoms with van der Waals surface area (Å²) in [6.07, 6.45) is 1.81. The van der Waals surface area contributed by atoms with Crippen molar-refractivity contribution in [2.75, 3.05) is 26.3 Å². The monoisotopic (exact) mass is 158 g/mol. The second kappa shape index (κ2) is 2.71. The van der Waals surface area contributed by atoms with Crippen LogP contribution in [0.4, 0.5) is 0 Å². The van der Waals surface area contributed by atoms with Crippen molar-refractivity contribution >= 4 is 0 Å². The van der Waals surface area contributed by atoms with Gasteiger partial charge in [-0.3, -0.25) is 5.84 Å². The van der Waals surface area contributed by atoms with Crippen LogP contribution in [-0.2, 0) is 9.47 Å². The van der Waals surface area contributed by atoms with Crippen molar-refractivity contribution in [1.82, 2.24) is 5.01 Å². The third-order valence-electron chi connectivity index (χ3n) is 2.37. The molecule has 64 valence electrons. The second-order valence-corrected chi connectivity index (χ2v) is 3.14. The zero-order chi connectivity index (χ0) is 7.73. The van der Waals surface area contributed by atoms with Gasteiger partial charge >= 0.3 is 0 Å². The third kappa shape index (κ3) is 1.39. The minimum absolute atomic E-state index is 0.268. The van der Waals surface area contributed by atoms with Crippen LogP contribution in [0.2, 0.25) is 0 Å². The van der Waals surface area contributed by atoms with Crippen LogP contribution in [0.25, 0.3) is 0 Å². The van der Waals surface area contributed by atoms with Gasteiger partial charge in [0.15, 0.2) is 5.79 Å². The Morgan fingerprint density at radius 3 is 2.18 bits per heavy atom. The Hall–Kier alpha value is -0.160. The summed E-state index contributed by atoms with van der Waals surface area (Å²) in [6, 6.07) is 0. The van der Waals surface area contributed by atoms with Crippen LogP contribution >= 0.6 is 0 Å². The lowest BCUT2D eigenvalue weighted by molar-refractivity contribution is -0.185. The van der Waals surface area contributed by atoms with E-state index in [0.29, 0.717) is 0 Å². The van der Waals surface area contributed by atoms with Gasteiger partial charge in [-0.2, -0.15) is 0 Å². The maximum Gasteiger partial charge on any atom is 0.171 e. The number of piperidine rings is 1. The minimum atomic E-state index is -0.268. The number of rotatable bonds is 0. The third-order valence-corrected chi connectivity index (χ3v) is 2.37. The summed E-state index contributed by atoms with van der Waals surface area (Å²) in [7, 11) is 0. The van der Waals surface area contributed by atoms with Gasteiger partial charge in [0.2, 0.25) is 0 Å². The average Bonchev–Trinajstić information content (AvgIpc) is 2.45. The quantitative estimate of drug-likeness (QED) is 0.492. The van der Waals surface area contributed by atoms with Crippen LogP contribution in [0.1, 0.15) is 12.8 Å². The fraction of sp³-hybridized carbons (Fsp3) is 1.00. The molecule has 0 aromatic rings. The second-order valence-electron chi connectivity index (χ2n) is 3.14. The van der Waals surface area contributed by atoms with Crippen molar-refractivity contribution in [2.45, 2.75) is 18.6 Å². The van der Waals surface area contributed by atoms with Crippen LogP contribution in [-0.4, -0.2) is 37.1 Å². The maximum absolute atomic E-state index is 5.61. The highest BCUT2D eigenvalue weighted by Crippen LogP contribution is 2.29. The fourth-order valence-electron chi connectivity index (χ4n) is 1.65. The summed E-state index contributed by atoms with van der Waals surface area (Å²) in [5, 5.41) is 1.82. The predicted molar refractivity (Wildman–Crippen MR) is 39.6 cm³/mol. The number of nitrogens with two attached hydrogens (primary N) is 1. The van der Waals surface area contributed by atoms with Crippen LogP contribution in [0.5, 0.6) is 0 Å². The lowest BCUT2D eigenvalue weighted by Gasteiger charge is -2.35. The lowest BCUT2D eigenvalue weighted by atomic mass is 10.1. The molecule has 4 nitrogen and oxygen atoms in total. The van der Waals surface area contributed by atoms with E-state index < -0.39 is 0 Å². The molecule has 0 atom stereocenters. The number of hydrazine groups is 1. The Labute approximate surface area is 66.2 Å². The summed E-state index contributed by atoms with van der Waals surface area (Å²) in [4.78, 5) is 0. The van der Waals surface area contributed by atoms with E-state index >= 15 is 0 Å². The van der Waals surface area contributed by atoms with E-state index in [1.54, 1.807) is 0 Å². The molecule has 2 aliphatic heterocycles. The number of hydrogen-bond donors (Lipinski definition) is 1. The first-order valence-electron chi connectivity index (χ1n) is 4.08. The van der Waals surface area contributed by atoms with E-state index in [9.17, 15) is 0 Å². The molecule has 2 N–H and O–H groups in total. The van der Waals surface area contributed by atoms with Gasteiger partial charge in [-0.25, -0.2) is 5.01 Å². The average molecular weight is 158 g/mol. The molecular weight excluding hydrogens is 144 g/mol. The molecule has 1 spiro atoms. The highest BCUT2D eigenvalue weighted by atomic mass is 16.7. The highest BCUT2D eigenvalue weighted by Gasteiger charge is 2.38. The van der Waals surface area contributed by atoms with E-state index in [1.807, 2.05) is 5.01 Å². The highest BCUT2D eigenvalue weighted by molar-refractivity contribution is 4.80. The van der Waals surface area contributed by atoms with Crippen molar-refractivity contribution in [3.63, 3.8) is 0 Å². The molecule has 0 saturated carbocycles. The van der Waals surface area contributed by atoms with E-state index in [-0.39, 0.29) is 5.79 Å².